The molecule has 1 aliphatic rings. The van der Waals surface area contributed by atoms with Crippen molar-refractivity contribution in [1.82, 2.24) is 9.21 Å². The quantitative estimate of drug-likeness (QED) is 0.738. The molecule has 0 unspecified atom stereocenters. The topological polar surface area (TPSA) is 76.2 Å². The van der Waals surface area contributed by atoms with E-state index in [-0.39, 0.29) is 5.91 Å². The minimum absolute atomic E-state index is 0.172. The van der Waals surface area contributed by atoms with Crippen LogP contribution in [0.25, 0.3) is 0 Å². The maximum Gasteiger partial charge on any atom is 0.254 e. The van der Waals surface area contributed by atoms with Crippen LogP contribution in [0.2, 0.25) is 0 Å². The van der Waals surface area contributed by atoms with Crippen LogP contribution in [0.5, 0.6) is 11.5 Å². The first-order valence-corrected chi connectivity index (χ1v) is 10.1. The van der Waals surface area contributed by atoms with Gasteiger partial charge in [-0.25, -0.2) is 12.7 Å². The van der Waals surface area contributed by atoms with Crippen molar-refractivity contribution in [1.29, 1.82) is 0 Å². The lowest BCUT2D eigenvalue weighted by molar-refractivity contribution is 0.0763. The van der Waals surface area contributed by atoms with Crippen molar-refractivity contribution in [2.75, 3.05) is 46.7 Å². The molecule has 0 radical (unpaired) electrons. The van der Waals surface area contributed by atoms with Gasteiger partial charge in [0, 0.05) is 31.7 Å². The van der Waals surface area contributed by atoms with E-state index >= 15 is 0 Å². The highest BCUT2D eigenvalue weighted by Gasteiger charge is 2.25. The summed E-state index contributed by atoms with van der Waals surface area (Å²) in [7, 11) is -0.206. The van der Waals surface area contributed by atoms with Crippen LogP contribution >= 0.6 is 15.9 Å². The molecule has 24 heavy (non-hydrogen) atoms. The predicted molar refractivity (Wildman–Crippen MR) is 94.2 cm³/mol. The van der Waals surface area contributed by atoms with Crippen LogP contribution in [0.1, 0.15) is 16.8 Å². The number of halogens is 1. The van der Waals surface area contributed by atoms with Crippen molar-refractivity contribution >= 4 is 31.9 Å². The van der Waals surface area contributed by atoms with Gasteiger partial charge in [0.2, 0.25) is 10.0 Å². The van der Waals surface area contributed by atoms with Gasteiger partial charge < -0.3 is 14.4 Å². The van der Waals surface area contributed by atoms with Crippen molar-refractivity contribution in [2.45, 2.75) is 6.42 Å². The van der Waals surface area contributed by atoms with Crippen LogP contribution in [0, 0.1) is 0 Å². The number of nitrogens with zero attached hydrogens (tertiary/aromatic N) is 2. The molecule has 1 fully saturated rings. The Morgan fingerprint density at radius 1 is 1.08 bits per heavy atom. The van der Waals surface area contributed by atoms with Gasteiger partial charge in [-0.1, -0.05) is 0 Å². The Hall–Kier alpha value is -1.32. The number of carbonyl (C=O) groups excluding carboxylic acids is 1. The number of hydrogen-bond acceptors (Lipinski definition) is 5. The first kappa shape index (κ1) is 19.0. The van der Waals surface area contributed by atoms with E-state index < -0.39 is 10.0 Å². The molecule has 1 saturated heterocycles. The van der Waals surface area contributed by atoms with E-state index in [4.69, 9.17) is 9.47 Å². The van der Waals surface area contributed by atoms with E-state index in [0.717, 1.165) is 0 Å². The second kappa shape index (κ2) is 7.71. The fourth-order valence-corrected chi connectivity index (χ4v) is 4.03. The van der Waals surface area contributed by atoms with Crippen molar-refractivity contribution in [3.63, 3.8) is 0 Å². The zero-order valence-electron chi connectivity index (χ0n) is 13.9. The second-order valence-electron chi connectivity index (χ2n) is 5.50. The molecular formula is C15H21BrN2O5S. The van der Waals surface area contributed by atoms with Gasteiger partial charge in [-0.05, 0) is 34.5 Å². The highest BCUT2D eigenvalue weighted by Crippen LogP contribution is 2.36. The van der Waals surface area contributed by atoms with Gasteiger partial charge in [-0.2, -0.15) is 0 Å². The first-order chi connectivity index (χ1) is 11.3. The standard InChI is InChI=1S/C15H21BrN2O5S/c1-22-12-9-11(10-13(23-2)14(12)16)15(19)17-5-4-6-18(8-7-17)24(3,20)21/h9-10H,4-8H2,1-3H3. The van der Waals surface area contributed by atoms with Crippen molar-refractivity contribution in [2.24, 2.45) is 0 Å². The summed E-state index contributed by atoms with van der Waals surface area (Å²) in [4.78, 5) is 14.4. The maximum absolute atomic E-state index is 12.8. The number of amides is 1. The molecule has 9 heteroatoms. The third-order valence-corrected chi connectivity index (χ3v) is 5.99. The number of rotatable bonds is 4. The molecule has 1 aliphatic heterocycles. The van der Waals surface area contributed by atoms with Crippen molar-refractivity contribution < 1.29 is 22.7 Å². The van der Waals surface area contributed by atoms with E-state index in [0.29, 0.717) is 54.1 Å². The molecule has 2 rings (SSSR count). The zero-order chi connectivity index (χ0) is 17.9. The molecule has 134 valence electrons. The van der Waals surface area contributed by atoms with E-state index in [1.165, 1.54) is 24.8 Å². The molecule has 1 aromatic carbocycles. The number of hydrogen-bond donors (Lipinski definition) is 0. The lowest BCUT2D eigenvalue weighted by Gasteiger charge is -2.22. The Kier molecular flexibility index (Phi) is 6.11. The second-order valence-corrected chi connectivity index (χ2v) is 8.28. The average molecular weight is 421 g/mol. The summed E-state index contributed by atoms with van der Waals surface area (Å²) in [6, 6.07) is 3.29. The summed E-state index contributed by atoms with van der Waals surface area (Å²) in [5.41, 5.74) is 0.444. The molecule has 0 atom stereocenters. The Morgan fingerprint density at radius 3 is 2.17 bits per heavy atom. The number of ether oxygens (including phenoxy) is 2. The minimum Gasteiger partial charge on any atom is -0.495 e. The van der Waals surface area contributed by atoms with Crippen LogP contribution in [-0.4, -0.2) is 70.2 Å². The third-order valence-electron chi connectivity index (χ3n) is 3.90. The fraction of sp³-hybridized carbons (Fsp3) is 0.533. The molecule has 7 nitrogen and oxygen atoms in total. The Balaban J connectivity index is 2.23. The molecule has 0 spiro atoms. The summed E-state index contributed by atoms with van der Waals surface area (Å²) >= 11 is 3.37. The van der Waals surface area contributed by atoms with Crippen LogP contribution in [0.3, 0.4) is 0 Å². The van der Waals surface area contributed by atoms with E-state index in [1.807, 2.05) is 0 Å². The van der Waals surface area contributed by atoms with Gasteiger partial charge in [0.15, 0.2) is 0 Å². The summed E-state index contributed by atoms with van der Waals surface area (Å²) in [6.45, 7) is 1.59. The lowest BCUT2D eigenvalue weighted by Crippen LogP contribution is -2.37. The van der Waals surface area contributed by atoms with Gasteiger partial charge >= 0.3 is 0 Å². The summed E-state index contributed by atoms with van der Waals surface area (Å²) < 4.78 is 35.9. The molecule has 0 aromatic heterocycles. The van der Waals surface area contributed by atoms with E-state index in [1.54, 1.807) is 17.0 Å². The minimum atomic E-state index is -3.24. The summed E-state index contributed by atoms with van der Waals surface area (Å²) in [6.07, 6.45) is 1.79. The van der Waals surface area contributed by atoms with Crippen LogP contribution in [0.4, 0.5) is 0 Å². The number of benzene rings is 1. The van der Waals surface area contributed by atoms with Gasteiger partial charge in [0.1, 0.15) is 16.0 Å². The highest BCUT2D eigenvalue weighted by atomic mass is 79.9. The fourth-order valence-electron chi connectivity index (χ4n) is 2.60. The highest BCUT2D eigenvalue weighted by molar-refractivity contribution is 9.10. The maximum atomic E-state index is 12.8. The molecule has 0 saturated carbocycles. The molecule has 1 amide bonds. The van der Waals surface area contributed by atoms with Crippen LogP contribution in [-0.2, 0) is 10.0 Å². The molecule has 0 aliphatic carbocycles. The smallest absolute Gasteiger partial charge is 0.254 e. The third kappa shape index (κ3) is 4.20. The summed E-state index contributed by atoms with van der Waals surface area (Å²) in [5, 5.41) is 0. The normalized spacial score (nSPS) is 16.6. The van der Waals surface area contributed by atoms with E-state index in [2.05, 4.69) is 15.9 Å². The Morgan fingerprint density at radius 2 is 1.67 bits per heavy atom. The summed E-state index contributed by atoms with van der Waals surface area (Å²) in [5.74, 6) is 0.838. The van der Waals surface area contributed by atoms with Crippen LogP contribution in [0.15, 0.2) is 16.6 Å². The van der Waals surface area contributed by atoms with Gasteiger partial charge in [-0.15, -0.1) is 0 Å². The van der Waals surface area contributed by atoms with E-state index in [9.17, 15) is 13.2 Å². The molecule has 0 bridgehead atoms. The molecule has 1 heterocycles. The number of sulfonamides is 1. The van der Waals surface area contributed by atoms with Crippen molar-refractivity contribution in [3.05, 3.63) is 22.2 Å². The first-order valence-electron chi connectivity index (χ1n) is 7.44. The molecular weight excluding hydrogens is 400 g/mol. The number of carbonyl (C=O) groups is 1. The Bertz CT molecular complexity index is 698. The van der Waals surface area contributed by atoms with Gasteiger partial charge in [0.25, 0.3) is 5.91 Å². The van der Waals surface area contributed by atoms with Gasteiger partial charge in [0.05, 0.1) is 20.5 Å². The Labute approximate surface area is 150 Å². The largest absolute Gasteiger partial charge is 0.495 e. The monoisotopic (exact) mass is 420 g/mol. The van der Waals surface area contributed by atoms with Gasteiger partial charge in [-0.3, -0.25) is 4.79 Å². The molecule has 1 aromatic rings. The zero-order valence-corrected chi connectivity index (χ0v) is 16.3. The lowest BCUT2D eigenvalue weighted by atomic mass is 10.1. The average Bonchev–Trinajstić information content (AvgIpc) is 2.80. The van der Waals surface area contributed by atoms with Crippen molar-refractivity contribution in [3.8, 4) is 11.5 Å². The van der Waals surface area contributed by atoms with Crippen LogP contribution < -0.4 is 9.47 Å². The SMILES string of the molecule is COc1cc(C(=O)N2CCCN(S(C)(=O)=O)CC2)cc(OC)c1Br. The molecule has 0 N–H and O–H groups in total. The number of methoxy groups -OCH3 is 2. The predicted octanol–water partition coefficient (Wildman–Crippen LogP) is 1.57.